The molecule has 0 aliphatic heterocycles. The fraction of sp³-hybridized carbons (Fsp3) is 0.611. The summed E-state index contributed by atoms with van der Waals surface area (Å²) < 4.78 is 5.73. The molecule has 0 fully saturated rings. The van der Waals surface area contributed by atoms with Gasteiger partial charge in [0.2, 0.25) is 0 Å². The summed E-state index contributed by atoms with van der Waals surface area (Å²) in [6, 6.07) is 11.1. The van der Waals surface area contributed by atoms with E-state index < -0.39 is 0 Å². The van der Waals surface area contributed by atoms with E-state index in [2.05, 4.69) is 37.4 Å². The zero-order chi connectivity index (χ0) is 15.7. The predicted octanol–water partition coefficient (Wildman–Crippen LogP) is 4.28. The highest BCUT2D eigenvalue weighted by molar-refractivity contribution is 5.27. The third-order valence-electron chi connectivity index (χ3n) is 3.41. The van der Waals surface area contributed by atoms with Gasteiger partial charge >= 0.3 is 0 Å². The zero-order valence-corrected chi connectivity index (χ0v) is 13.8. The lowest BCUT2D eigenvalue weighted by Crippen LogP contribution is -2.21. The summed E-state index contributed by atoms with van der Waals surface area (Å²) in [7, 11) is 0. The van der Waals surface area contributed by atoms with Crippen molar-refractivity contribution in [3.05, 3.63) is 29.8 Å². The van der Waals surface area contributed by atoms with Gasteiger partial charge in [-0.3, -0.25) is 0 Å². The number of nitriles is 1. The van der Waals surface area contributed by atoms with Crippen LogP contribution in [0.2, 0.25) is 0 Å². The van der Waals surface area contributed by atoms with Crippen LogP contribution in [0.15, 0.2) is 24.3 Å². The van der Waals surface area contributed by atoms with Gasteiger partial charge in [-0.25, -0.2) is 0 Å². The third-order valence-corrected chi connectivity index (χ3v) is 3.41. The summed E-state index contributed by atoms with van der Waals surface area (Å²) in [5.74, 6) is 0.919. The van der Waals surface area contributed by atoms with Crippen LogP contribution in [-0.4, -0.2) is 12.6 Å². The lowest BCUT2D eigenvalue weighted by molar-refractivity contribution is 0.295. The average molecular weight is 288 g/mol. The van der Waals surface area contributed by atoms with E-state index in [4.69, 9.17) is 10.00 Å². The first kappa shape index (κ1) is 17.5. The van der Waals surface area contributed by atoms with E-state index in [1.165, 1.54) is 5.56 Å². The molecular formula is C18H28N2O. The van der Waals surface area contributed by atoms with Crippen molar-refractivity contribution in [1.82, 2.24) is 5.32 Å². The molecule has 3 nitrogen and oxygen atoms in total. The molecule has 0 atom stereocenters. The van der Waals surface area contributed by atoms with E-state index in [9.17, 15) is 0 Å². The van der Waals surface area contributed by atoms with Crippen LogP contribution in [0.5, 0.6) is 5.75 Å². The van der Waals surface area contributed by atoms with Crippen LogP contribution in [0.4, 0.5) is 0 Å². The van der Waals surface area contributed by atoms with Crippen molar-refractivity contribution < 1.29 is 4.74 Å². The van der Waals surface area contributed by atoms with Gasteiger partial charge in [-0.1, -0.05) is 26.0 Å². The van der Waals surface area contributed by atoms with Crippen molar-refractivity contribution in [2.45, 2.75) is 59.5 Å². The molecule has 0 radical (unpaired) electrons. The van der Waals surface area contributed by atoms with Crippen LogP contribution in [0.3, 0.4) is 0 Å². The molecule has 0 spiro atoms. The minimum absolute atomic E-state index is 0.217. The summed E-state index contributed by atoms with van der Waals surface area (Å²) in [5.41, 5.74) is 1.05. The number of nitrogens with one attached hydrogen (secondary N) is 1. The molecule has 1 aromatic carbocycles. The van der Waals surface area contributed by atoms with E-state index in [0.717, 1.165) is 31.6 Å². The van der Waals surface area contributed by atoms with E-state index >= 15 is 0 Å². The number of nitrogens with zero attached hydrogens (tertiary/aromatic N) is 1. The summed E-state index contributed by atoms with van der Waals surface area (Å²) in [5, 5.41) is 12.3. The summed E-state index contributed by atoms with van der Waals surface area (Å²) in [6.45, 7) is 9.86. The Morgan fingerprint density at radius 1 is 1.19 bits per heavy atom. The molecule has 0 aliphatic rings. The Kier molecular flexibility index (Phi) is 7.25. The molecule has 1 N–H and O–H groups in total. The molecule has 1 aromatic rings. The third kappa shape index (κ3) is 7.72. The summed E-state index contributed by atoms with van der Waals surface area (Å²) >= 11 is 0. The average Bonchev–Trinajstić information content (AvgIpc) is 2.46. The Morgan fingerprint density at radius 3 is 2.43 bits per heavy atom. The molecule has 0 amide bonds. The van der Waals surface area contributed by atoms with Gasteiger partial charge in [-0.2, -0.15) is 5.26 Å². The normalized spacial score (nSPS) is 11.4. The van der Waals surface area contributed by atoms with Crippen molar-refractivity contribution in [2.24, 2.45) is 5.41 Å². The van der Waals surface area contributed by atoms with E-state index in [0.29, 0.717) is 12.6 Å². The zero-order valence-electron chi connectivity index (χ0n) is 13.8. The van der Waals surface area contributed by atoms with Gasteiger partial charge in [0, 0.05) is 12.6 Å². The topological polar surface area (TPSA) is 45.0 Å². The van der Waals surface area contributed by atoms with Crippen LogP contribution in [0.25, 0.3) is 0 Å². The molecule has 116 valence electrons. The van der Waals surface area contributed by atoms with Gasteiger partial charge < -0.3 is 10.1 Å². The molecule has 0 heterocycles. The molecule has 0 aliphatic carbocycles. The molecule has 3 heteroatoms. The number of hydrogen-bond donors (Lipinski definition) is 1. The Hall–Kier alpha value is -1.53. The van der Waals surface area contributed by atoms with Crippen LogP contribution in [0, 0.1) is 16.7 Å². The fourth-order valence-electron chi connectivity index (χ4n) is 1.94. The smallest absolute Gasteiger partial charge is 0.119 e. The number of benzene rings is 1. The highest BCUT2D eigenvalue weighted by atomic mass is 16.5. The summed E-state index contributed by atoms with van der Waals surface area (Å²) in [6.07, 6.45) is 2.94. The Bertz CT molecular complexity index is 443. The second-order valence-electron chi connectivity index (χ2n) is 6.48. The molecule has 0 saturated heterocycles. The van der Waals surface area contributed by atoms with Crippen LogP contribution in [-0.2, 0) is 6.54 Å². The van der Waals surface area contributed by atoms with Gasteiger partial charge in [0.05, 0.1) is 18.1 Å². The van der Waals surface area contributed by atoms with Gasteiger partial charge in [0.25, 0.3) is 0 Å². The highest BCUT2D eigenvalue weighted by Gasteiger charge is 2.15. The SMILES string of the molecule is CC(C)NCc1ccc(OCCCCC(C)(C)C#N)cc1. The van der Waals surface area contributed by atoms with Crippen molar-refractivity contribution in [1.29, 1.82) is 5.26 Å². The molecular weight excluding hydrogens is 260 g/mol. The molecule has 0 unspecified atom stereocenters. The highest BCUT2D eigenvalue weighted by Crippen LogP contribution is 2.21. The Balaban J connectivity index is 2.23. The number of hydrogen-bond acceptors (Lipinski definition) is 3. The maximum atomic E-state index is 8.95. The fourth-order valence-corrected chi connectivity index (χ4v) is 1.94. The van der Waals surface area contributed by atoms with Gasteiger partial charge in [-0.15, -0.1) is 0 Å². The van der Waals surface area contributed by atoms with Crippen molar-refractivity contribution in [3.63, 3.8) is 0 Å². The van der Waals surface area contributed by atoms with E-state index in [1.54, 1.807) is 0 Å². The molecule has 1 rings (SSSR count). The lowest BCUT2D eigenvalue weighted by Gasteiger charge is -2.14. The Labute approximate surface area is 129 Å². The first-order valence-corrected chi connectivity index (χ1v) is 7.79. The monoisotopic (exact) mass is 288 g/mol. The number of rotatable bonds is 9. The first-order chi connectivity index (χ1) is 9.93. The molecule has 0 saturated carbocycles. The largest absolute Gasteiger partial charge is 0.494 e. The first-order valence-electron chi connectivity index (χ1n) is 7.79. The molecule has 21 heavy (non-hydrogen) atoms. The molecule has 0 bridgehead atoms. The second kappa shape index (κ2) is 8.69. The van der Waals surface area contributed by atoms with Crippen molar-refractivity contribution in [2.75, 3.05) is 6.61 Å². The van der Waals surface area contributed by atoms with Crippen LogP contribution < -0.4 is 10.1 Å². The van der Waals surface area contributed by atoms with E-state index in [1.807, 2.05) is 26.0 Å². The number of ether oxygens (including phenoxy) is 1. The van der Waals surface area contributed by atoms with Crippen molar-refractivity contribution in [3.8, 4) is 11.8 Å². The van der Waals surface area contributed by atoms with E-state index in [-0.39, 0.29) is 5.41 Å². The minimum atomic E-state index is -0.217. The number of unbranched alkanes of at least 4 members (excludes halogenated alkanes) is 1. The van der Waals surface area contributed by atoms with Gasteiger partial charge in [0.15, 0.2) is 0 Å². The maximum absolute atomic E-state index is 8.95. The van der Waals surface area contributed by atoms with Crippen molar-refractivity contribution >= 4 is 0 Å². The standard InChI is InChI=1S/C18H28N2O/c1-15(2)20-13-16-7-9-17(10-8-16)21-12-6-5-11-18(3,4)14-19/h7-10,15,20H,5-6,11-13H2,1-4H3. The Morgan fingerprint density at radius 2 is 1.86 bits per heavy atom. The van der Waals surface area contributed by atoms with Crippen LogP contribution >= 0.6 is 0 Å². The van der Waals surface area contributed by atoms with Crippen LogP contribution in [0.1, 0.15) is 52.5 Å². The van der Waals surface area contributed by atoms with Gasteiger partial charge in [0.1, 0.15) is 5.75 Å². The van der Waals surface area contributed by atoms with Gasteiger partial charge in [-0.05, 0) is 50.8 Å². The maximum Gasteiger partial charge on any atom is 0.119 e. The quantitative estimate of drug-likeness (QED) is 0.690. The minimum Gasteiger partial charge on any atom is -0.494 e. The predicted molar refractivity (Wildman–Crippen MR) is 87.2 cm³/mol. The lowest BCUT2D eigenvalue weighted by atomic mass is 9.89. The second-order valence-corrected chi connectivity index (χ2v) is 6.48. The summed E-state index contributed by atoms with van der Waals surface area (Å²) in [4.78, 5) is 0. The molecule has 0 aromatic heterocycles.